The number of carbonyl (C=O) groups excluding carboxylic acids is 3. The molecule has 1 aliphatic rings. The first-order valence-corrected chi connectivity index (χ1v) is 13.9. The molecule has 1 saturated heterocycles. The van der Waals surface area contributed by atoms with E-state index in [-0.39, 0.29) is 24.3 Å². The molecule has 4 aromatic rings. The Morgan fingerprint density at radius 2 is 1.40 bits per heavy atom. The molecule has 4 atom stereocenters. The van der Waals surface area contributed by atoms with Crippen LogP contribution in [0.1, 0.15) is 33.9 Å². The van der Waals surface area contributed by atoms with Gasteiger partial charge in [0.2, 0.25) is 0 Å². The molecule has 0 spiro atoms. The number of nitrogens with zero attached hydrogens (tertiary/aromatic N) is 2. The average molecular weight is 618 g/mol. The summed E-state index contributed by atoms with van der Waals surface area (Å²) in [6.07, 6.45) is -5.22. The van der Waals surface area contributed by atoms with Gasteiger partial charge in [-0.2, -0.15) is 4.98 Å². The predicted molar refractivity (Wildman–Crippen MR) is 156 cm³/mol. The van der Waals surface area contributed by atoms with Crippen LogP contribution in [0.2, 0.25) is 0 Å². The Balaban J connectivity index is 1.32. The molecule has 2 heterocycles. The van der Waals surface area contributed by atoms with E-state index in [4.69, 9.17) is 23.7 Å². The van der Waals surface area contributed by atoms with Crippen LogP contribution < -0.4 is 15.7 Å². The summed E-state index contributed by atoms with van der Waals surface area (Å²) in [6, 6.07) is 25.0. The molecule has 0 aliphatic carbocycles. The van der Waals surface area contributed by atoms with Crippen LogP contribution >= 0.6 is 0 Å². The van der Waals surface area contributed by atoms with Crippen molar-refractivity contribution in [3.05, 3.63) is 125 Å². The number of benzene rings is 3. The second-order valence-electron chi connectivity index (χ2n) is 9.75. The highest BCUT2D eigenvalue weighted by Crippen LogP contribution is 2.34. The van der Waals surface area contributed by atoms with E-state index in [2.05, 4.69) is 10.3 Å². The van der Waals surface area contributed by atoms with E-state index in [0.29, 0.717) is 5.75 Å². The zero-order chi connectivity index (χ0) is 31.8. The number of halogens is 1. The van der Waals surface area contributed by atoms with Gasteiger partial charge in [-0.1, -0.05) is 54.6 Å². The van der Waals surface area contributed by atoms with Crippen molar-refractivity contribution in [3.8, 4) is 5.75 Å². The lowest BCUT2D eigenvalue weighted by molar-refractivity contribution is -0.0513. The van der Waals surface area contributed by atoms with Crippen LogP contribution in [0.15, 0.2) is 102 Å². The Bertz CT molecular complexity index is 1690. The lowest BCUT2D eigenvalue weighted by atomic mass is 10.1. The van der Waals surface area contributed by atoms with Crippen molar-refractivity contribution in [1.82, 2.24) is 9.55 Å². The van der Waals surface area contributed by atoms with E-state index in [9.17, 15) is 19.2 Å². The summed E-state index contributed by atoms with van der Waals surface area (Å²) < 4.78 is 43.6. The van der Waals surface area contributed by atoms with E-state index >= 15 is 4.39 Å². The minimum Gasteiger partial charge on any atom is -0.490 e. The lowest BCUT2D eigenvalue weighted by Crippen LogP contribution is -2.41. The maximum absolute atomic E-state index is 15.2. The fraction of sp³-hybridized carbons (Fsp3) is 0.219. The molecular formula is C32H28FN3O9. The van der Waals surface area contributed by atoms with Crippen molar-refractivity contribution in [2.24, 2.45) is 0 Å². The average Bonchev–Trinajstić information content (AvgIpc) is 3.35. The Morgan fingerprint density at radius 3 is 2.00 bits per heavy atom. The topological polar surface area (TPSA) is 144 Å². The van der Waals surface area contributed by atoms with Gasteiger partial charge in [-0.25, -0.2) is 23.6 Å². The SMILES string of the molecule is C[C@H]1O[C@@H](n2cc(F)c(NC(=O)OCCOc3ccccc3)nc2=O)[C@H](OC(=O)c2ccccc2)[C@@H]1OC(=O)c1ccccc1. The summed E-state index contributed by atoms with van der Waals surface area (Å²) in [6.45, 7) is 1.42. The number of anilines is 1. The maximum Gasteiger partial charge on any atom is 0.413 e. The largest absolute Gasteiger partial charge is 0.490 e. The Hall–Kier alpha value is -5.56. The van der Waals surface area contributed by atoms with Crippen LogP contribution in [0.25, 0.3) is 0 Å². The van der Waals surface area contributed by atoms with E-state index in [1.165, 1.54) is 12.1 Å². The minimum absolute atomic E-state index is 0.0330. The number of para-hydroxylation sites is 1. The van der Waals surface area contributed by atoms with Crippen LogP contribution in [0, 0.1) is 5.82 Å². The predicted octanol–water partition coefficient (Wildman–Crippen LogP) is 4.38. The molecule has 0 bridgehead atoms. The number of rotatable bonds is 10. The second-order valence-corrected chi connectivity index (χ2v) is 9.75. The summed E-state index contributed by atoms with van der Waals surface area (Å²) in [5.74, 6) is -2.74. The number of hydrogen-bond donors (Lipinski definition) is 1. The monoisotopic (exact) mass is 617 g/mol. The van der Waals surface area contributed by atoms with Crippen molar-refractivity contribution in [2.75, 3.05) is 18.5 Å². The van der Waals surface area contributed by atoms with Gasteiger partial charge in [-0.3, -0.25) is 9.88 Å². The van der Waals surface area contributed by atoms with Gasteiger partial charge in [0.15, 0.2) is 30.1 Å². The normalized spacial score (nSPS) is 18.9. The molecule has 3 aromatic carbocycles. The van der Waals surface area contributed by atoms with E-state index in [1.54, 1.807) is 79.7 Å². The van der Waals surface area contributed by atoms with Gasteiger partial charge in [0.1, 0.15) is 19.0 Å². The van der Waals surface area contributed by atoms with Gasteiger partial charge in [0.25, 0.3) is 0 Å². The number of amides is 1. The highest BCUT2D eigenvalue weighted by atomic mass is 19.1. The number of ether oxygens (including phenoxy) is 5. The number of carbonyl (C=O) groups is 3. The molecule has 0 saturated carbocycles. The van der Waals surface area contributed by atoms with Crippen LogP contribution in [0.3, 0.4) is 0 Å². The molecule has 5 rings (SSSR count). The smallest absolute Gasteiger partial charge is 0.413 e. The zero-order valence-corrected chi connectivity index (χ0v) is 23.9. The molecule has 0 radical (unpaired) electrons. The molecule has 0 unspecified atom stereocenters. The molecule has 1 aliphatic heterocycles. The minimum atomic E-state index is -1.44. The third kappa shape index (κ3) is 7.70. The van der Waals surface area contributed by atoms with E-state index in [0.717, 1.165) is 10.8 Å². The Morgan fingerprint density at radius 1 is 0.844 bits per heavy atom. The highest BCUT2D eigenvalue weighted by Gasteiger charge is 2.49. The van der Waals surface area contributed by atoms with Crippen LogP contribution in [0.4, 0.5) is 15.0 Å². The van der Waals surface area contributed by atoms with E-state index < -0.39 is 59.9 Å². The molecule has 45 heavy (non-hydrogen) atoms. The number of nitrogens with one attached hydrogen (secondary N) is 1. The molecule has 1 amide bonds. The fourth-order valence-electron chi connectivity index (χ4n) is 4.51. The van der Waals surface area contributed by atoms with Crippen LogP contribution in [-0.2, 0) is 18.9 Å². The first-order valence-electron chi connectivity index (χ1n) is 13.9. The molecular weight excluding hydrogens is 589 g/mol. The van der Waals surface area contributed by atoms with Gasteiger partial charge in [-0.05, 0) is 43.3 Å². The fourth-order valence-corrected chi connectivity index (χ4v) is 4.51. The first-order chi connectivity index (χ1) is 21.8. The zero-order valence-electron chi connectivity index (χ0n) is 23.9. The summed E-state index contributed by atoms with van der Waals surface area (Å²) >= 11 is 0. The molecule has 12 nitrogen and oxygen atoms in total. The Labute approximate surface area is 256 Å². The van der Waals surface area contributed by atoms with Gasteiger partial charge >= 0.3 is 23.7 Å². The van der Waals surface area contributed by atoms with Crippen molar-refractivity contribution in [3.63, 3.8) is 0 Å². The molecule has 1 aromatic heterocycles. The summed E-state index contributed by atoms with van der Waals surface area (Å²) in [5.41, 5.74) is -0.625. The third-order valence-corrected chi connectivity index (χ3v) is 6.66. The molecule has 1 N–H and O–H groups in total. The van der Waals surface area contributed by atoms with Gasteiger partial charge in [-0.15, -0.1) is 0 Å². The lowest BCUT2D eigenvalue weighted by Gasteiger charge is -2.24. The van der Waals surface area contributed by atoms with Crippen LogP contribution in [0.5, 0.6) is 5.75 Å². The third-order valence-electron chi connectivity index (χ3n) is 6.66. The van der Waals surface area contributed by atoms with Crippen molar-refractivity contribution >= 4 is 23.8 Å². The molecule has 232 valence electrons. The number of aromatic nitrogens is 2. The summed E-state index contributed by atoms with van der Waals surface area (Å²) in [4.78, 5) is 54.9. The van der Waals surface area contributed by atoms with Crippen molar-refractivity contribution < 1.29 is 42.5 Å². The number of esters is 2. The molecule has 1 fully saturated rings. The summed E-state index contributed by atoms with van der Waals surface area (Å²) in [5, 5.41) is 2.08. The Kier molecular flexibility index (Phi) is 9.80. The first kappa shape index (κ1) is 30.9. The van der Waals surface area contributed by atoms with Gasteiger partial charge < -0.3 is 23.7 Å². The number of hydrogen-bond acceptors (Lipinski definition) is 10. The maximum atomic E-state index is 15.2. The van der Waals surface area contributed by atoms with Crippen molar-refractivity contribution in [1.29, 1.82) is 0 Å². The standard InChI is InChI=1S/C32H28FN3O9/c1-20-25(44-29(37)21-11-5-2-6-12-21)26(45-30(38)22-13-7-3-8-14-22)28(43-20)36-19-24(33)27(34-31(36)39)35-32(40)42-18-17-41-23-15-9-4-10-16-23/h2-16,19-20,25-26,28H,17-18H2,1H3,(H,34,35,39,40)/t20-,25-,26-,28-/m1/s1. The molecule has 13 heteroatoms. The summed E-state index contributed by atoms with van der Waals surface area (Å²) in [7, 11) is 0. The quantitative estimate of drug-likeness (QED) is 0.155. The highest BCUT2D eigenvalue weighted by molar-refractivity contribution is 5.90. The van der Waals surface area contributed by atoms with Gasteiger partial charge in [0, 0.05) is 0 Å². The van der Waals surface area contributed by atoms with Crippen LogP contribution in [-0.4, -0.2) is 59.1 Å². The van der Waals surface area contributed by atoms with E-state index in [1.807, 2.05) is 6.07 Å². The second kappa shape index (κ2) is 14.3. The van der Waals surface area contributed by atoms with Crippen molar-refractivity contribution in [2.45, 2.75) is 31.5 Å². The van der Waals surface area contributed by atoms with Gasteiger partial charge in [0.05, 0.1) is 23.4 Å².